The van der Waals surface area contributed by atoms with Crippen LogP contribution >= 0.6 is 7.82 Å². The van der Waals surface area contributed by atoms with E-state index < -0.39 is 26.6 Å². The fourth-order valence-electron chi connectivity index (χ4n) is 8.39. The highest BCUT2D eigenvalue weighted by molar-refractivity contribution is 7.45. The molecule has 0 spiro atoms. The molecule has 3 atom stereocenters. The minimum Gasteiger partial charge on any atom is -0.756 e. The van der Waals surface area contributed by atoms with Gasteiger partial charge in [0.2, 0.25) is 5.91 Å². The van der Waals surface area contributed by atoms with Gasteiger partial charge in [0.15, 0.2) is 0 Å². The smallest absolute Gasteiger partial charge is 0.306 e. The van der Waals surface area contributed by atoms with E-state index in [0.29, 0.717) is 17.4 Å². The zero-order chi connectivity index (χ0) is 53.6. The molecule has 73 heavy (non-hydrogen) atoms. The Bertz CT molecular complexity index is 1480. The molecule has 10 heteroatoms. The first-order valence-corrected chi connectivity index (χ1v) is 31.7. The highest BCUT2D eigenvalue weighted by Gasteiger charge is 2.27. The summed E-state index contributed by atoms with van der Waals surface area (Å²) >= 11 is 0. The predicted molar refractivity (Wildman–Crippen MR) is 312 cm³/mol. The number of carbonyl (C=O) groups is 2. The fraction of sp³-hybridized carbons (Fsp3) is 0.778. The number of nitrogens with zero attached hydrogens (tertiary/aromatic N) is 1. The summed E-state index contributed by atoms with van der Waals surface area (Å²) in [5, 5.41) is 2.99. The van der Waals surface area contributed by atoms with E-state index in [1.165, 1.54) is 154 Å². The van der Waals surface area contributed by atoms with Crippen LogP contribution in [-0.4, -0.2) is 69.4 Å². The lowest BCUT2D eigenvalue weighted by Gasteiger charge is -2.30. The van der Waals surface area contributed by atoms with Gasteiger partial charge < -0.3 is 28.5 Å². The lowest BCUT2D eigenvalue weighted by atomic mass is 10.0. The van der Waals surface area contributed by atoms with Gasteiger partial charge in [-0.25, -0.2) is 0 Å². The normalized spacial score (nSPS) is 14.2. The van der Waals surface area contributed by atoms with Crippen LogP contribution in [0.5, 0.6) is 0 Å². The molecule has 0 fully saturated rings. The van der Waals surface area contributed by atoms with Gasteiger partial charge in [0.25, 0.3) is 7.82 Å². The number of phosphoric acid groups is 1. The lowest BCUT2D eigenvalue weighted by Crippen LogP contribution is -2.47. The second kappa shape index (κ2) is 52.9. The summed E-state index contributed by atoms with van der Waals surface area (Å²) in [6.45, 7) is 6.76. The summed E-state index contributed by atoms with van der Waals surface area (Å²) in [6, 6.07) is -0.919. The molecule has 0 aromatic rings. The molecule has 0 bridgehead atoms. The van der Waals surface area contributed by atoms with Crippen molar-refractivity contribution in [3.63, 3.8) is 0 Å². The Balaban J connectivity index is 5.33. The molecule has 1 N–H and O–H groups in total. The molecule has 424 valence electrons. The topological polar surface area (TPSA) is 114 Å². The maximum atomic E-state index is 13.5. The highest BCUT2D eigenvalue weighted by Crippen LogP contribution is 2.38. The van der Waals surface area contributed by atoms with Crippen molar-refractivity contribution in [2.24, 2.45) is 0 Å². The van der Waals surface area contributed by atoms with Gasteiger partial charge in [-0.05, 0) is 96.0 Å². The largest absolute Gasteiger partial charge is 0.756 e. The van der Waals surface area contributed by atoms with Gasteiger partial charge in [0, 0.05) is 12.8 Å². The Morgan fingerprint density at radius 2 is 0.849 bits per heavy atom. The van der Waals surface area contributed by atoms with Crippen LogP contribution in [0.25, 0.3) is 0 Å². The van der Waals surface area contributed by atoms with Crippen LogP contribution in [0.2, 0.25) is 0 Å². The summed E-state index contributed by atoms with van der Waals surface area (Å²) in [7, 11) is 1.15. The Morgan fingerprint density at radius 3 is 1.32 bits per heavy atom. The van der Waals surface area contributed by atoms with Crippen molar-refractivity contribution in [1.82, 2.24) is 5.32 Å². The van der Waals surface area contributed by atoms with E-state index in [4.69, 9.17) is 13.8 Å². The molecule has 0 aliphatic heterocycles. The van der Waals surface area contributed by atoms with Crippen LogP contribution in [0.1, 0.15) is 265 Å². The van der Waals surface area contributed by atoms with Crippen LogP contribution in [0.15, 0.2) is 72.9 Å². The van der Waals surface area contributed by atoms with Crippen LogP contribution < -0.4 is 10.2 Å². The molecule has 0 saturated heterocycles. The average Bonchev–Trinajstić information content (AvgIpc) is 3.35. The molecule has 0 saturated carbocycles. The summed E-state index contributed by atoms with van der Waals surface area (Å²) in [6.07, 6.45) is 67.3. The van der Waals surface area contributed by atoms with E-state index in [2.05, 4.69) is 86.8 Å². The third-order valence-corrected chi connectivity index (χ3v) is 14.1. The van der Waals surface area contributed by atoms with Gasteiger partial charge in [0.1, 0.15) is 19.3 Å². The molecule has 0 heterocycles. The molecule has 0 aliphatic rings. The van der Waals surface area contributed by atoms with Gasteiger partial charge in [-0.15, -0.1) is 0 Å². The van der Waals surface area contributed by atoms with Crippen LogP contribution in [0, 0.1) is 0 Å². The van der Waals surface area contributed by atoms with Crippen molar-refractivity contribution < 1.29 is 37.3 Å². The number of rotatable bonds is 54. The lowest BCUT2D eigenvalue weighted by molar-refractivity contribution is -0.870. The summed E-state index contributed by atoms with van der Waals surface area (Å²) in [5.74, 6) is -0.608. The summed E-state index contributed by atoms with van der Waals surface area (Å²) < 4.78 is 30.2. The van der Waals surface area contributed by atoms with Crippen LogP contribution in [0.3, 0.4) is 0 Å². The van der Waals surface area contributed by atoms with Gasteiger partial charge in [-0.2, -0.15) is 0 Å². The number of hydrogen-bond acceptors (Lipinski definition) is 7. The number of phosphoric ester groups is 1. The number of carbonyl (C=O) groups excluding carboxylic acids is 2. The predicted octanol–water partition coefficient (Wildman–Crippen LogP) is 17.8. The minimum atomic E-state index is -4.71. The standard InChI is InChI=1S/C63H115N2O7P/c1-7-10-13-16-19-22-25-27-29-31-32-34-36-38-41-44-47-50-53-56-63(67)72-61(54-51-48-45-42-39-24-21-18-15-12-9-3)60(59-71-73(68,69)70-58-57-65(4,5)6)64-62(66)55-52-49-46-43-40-37-35-33-30-28-26-23-20-17-14-11-8-2/h20,23,27-30,35,37,43,46,51,54,60-61H,7-19,21-22,24-26,31-34,36,38-42,44-45,47-50,52-53,55-59H2,1-6H3,(H-,64,66,68,69)/b23-20-,29-27+,30-28-,37-35-,46-43-,54-51+. The molecule has 0 aliphatic carbocycles. The number of unbranched alkanes of at least 4 members (excludes halogenated alkanes) is 28. The zero-order valence-electron chi connectivity index (χ0n) is 48.3. The summed E-state index contributed by atoms with van der Waals surface area (Å²) in [4.78, 5) is 39.9. The minimum absolute atomic E-state index is 0.0346. The first-order valence-electron chi connectivity index (χ1n) is 30.2. The van der Waals surface area contributed by atoms with Crippen molar-refractivity contribution in [3.05, 3.63) is 72.9 Å². The number of esters is 1. The maximum Gasteiger partial charge on any atom is 0.306 e. The molecular formula is C63H115N2O7P. The van der Waals surface area contributed by atoms with Crippen molar-refractivity contribution in [2.45, 2.75) is 277 Å². The van der Waals surface area contributed by atoms with E-state index in [1.54, 1.807) is 0 Å². The van der Waals surface area contributed by atoms with Gasteiger partial charge in [0.05, 0.1) is 33.8 Å². The van der Waals surface area contributed by atoms with Crippen molar-refractivity contribution in [1.29, 1.82) is 0 Å². The van der Waals surface area contributed by atoms with Crippen molar-refractivity contribution >= 4 is 19.7 Å². The van der Waals surface area contributed by atoms with Gasteiger partial charge >= 0.3 is 5.97 Å². The fourth-order valence-corrected chi connectivity index (χ4v) is 9.11. The SMILES string of the molecule is CCCCC/C=C\C/C=C\C/C=C\C/C=C\CCCC(=O)NC(COP(=O)([O-])OCC[N+](C)(C)C)C(/C=C/CCCCCCCCCCC)OC(=O)CCCCCCCCCCC/C=C/CCCCCCCC. The second-order valence-electron chi connectivity index (χ2n) is 21.5. The van der Waals surface area contributed by atoms with Crippen LogP contribution in [0.4, 0.5) is 0 Å². The molecule has 9 nitrogen and oxygen atoms in total. The van der Waals surface area contributed by atoms with E-state index in [1.807, 2.05) is 33.3 Å². The van der Waals surface area contributed by atoms with E-state index in [9.17, 15) is 19.0 Å². The van der Waals surface area contributed by atoms with Crippen molar-refractivity contribution in [3.8, 4) is 0 Å². The number of ether oxygens (including phenoxy) is 1. The Kier molecular flexibility index (Phi) is 51.0. The summed E-state index contributed by atoms with van der Waals surface area (Å²) in [5.41, 5.74) is 0. The molecular weight excluding hydrogens is 928 g/mol. The monoisotopic (exact) mass is 1040 g/mol. The molecule has 0 rings (SSSR count). The number of nitrogens with one attached hydrogen (secondary N) is 1. The van der Waals surface area contributed by atoms with E-state index in [-0.39, 0.29) is 31.3 Å². The quantitative estimate of drug-likeness (QED) is 0.0212. The highest BCUT2D eigenvalue weighted by atomic mass is 31.2. The number of allylic oxidation sites excluding steroid dienone is 11. The maximum absolute atomic E-state index is 13.5. The van der Waals surface area contributed by atoms with Gasteiger partial charge in [-0.3, -0.25) is 14.2 Å². The number of hydrogen-bond donors (Lipinski definition) is 1. The number of quaternary nitrogens is 1. The molecule has 0 radical (unpaired) electrons. The Hall–Kier alpha value is -2.55. The first-order chi connectivity index (χ1) is 35.4. The van der Waals surface area contributed by atoms with Gasteiger partial charge in [-0.1, -0.05) is 229 Å². The Labute approximate surface area is 451 Å². The Morgan fingerprint density at radius 1 is 0.479 bits per heavy atom. The zero-order valence-corrected chi connectivity index (χ0v) is 49.2. The van der Waals surface area contributed by atoms with E-state index in [0.717, 1.165) is 70.6 Å². The van der Waals surface area contributed by atoms with E-state index >= 15 is 0 Å². The third kappa shape index (κ3) is 54.1. The molecule has 0 aromatic carbocycles. The van der Waals surface area contributed by atoms with Crippen molar-refractivity contribution in [2.75, 3.05) is 40.9 Å². The number of amides is 1. The molecule has 1 amide bonds. The number of likely N-dealkylation sites (N-methyl/N-ethyl adjacent to an activating group) is 1. The molecule has 0 aromatic heterocycles. The average molecular weight is 1040 g/mol. The second-order valence-corrected chi connectivity index (χ2v) is 22.9. The first kappa shape index (κ1) is 70.5. The van der Waals surface area contributed by atoms with Crippen LogP contribution in [-0.2, 0) is 27.9 Å². The third-order valence-electron chi connectivity index (χ3n) is 13.1. The molecule has 3 unspecified atom stereocenters.